The third kappa shape index (κ3) is 3.27. The summed E-state index contributed by atoms with van der Waals surface area (Å²) in [6.07, 6.45) is 7.94. The van der Waals surface area contributed by atoms with Gasteiger partial charge in [0.1, 0.15) is 12.1 Å². The summed E-state index contributed by atoms with van der Waals surface area (Å²) in [7, 11) is 2.15. The van der Waals surface area contributed by atoms with Gasteiger partial charge in [-0.2, -0.15) is 0 Å². The fourth-order valence-electron chi connectivity index (χ4n) is 3.05. The summed E-state index contributed by atoms with van der Waals surface area (Å²) in [6, 6.07) is 0. The maximum Gasteiger partial charge on any atom is 0.132 e. The number of nitrogens with one attached hydrogen (secondary N) is 1. The molecular weight excluding hydrogens is 252 g/mol. The molecule has 1 aromatic heterocycles. The lowest BCUT2D eigenvalue weighted by molar-refractivity contribution is -0.0117. The SMILES string of the molecule is CN1CCOC(CNc2ncnc3c2CCCCC3)C1. The van der Waals surface area contributed by atoms with Crippen molar-refractivity contribution >= 4 is 5.82 Å². The number of rotatable bonds is 3. The first-order valence-electron chi connectivity index (χ1n) is 7.69. The Morgan fingerprint density at radius 2 is 2.20 bits per heavy atom. The molecule has 1 N–H and O–H groups in total. The molecule has 1 unspecified atom stereocenters. The number of hydrogen-bond donors (Lipinski definition) is 1. The molecule has 0 amide bonds. The lowest BCUT2D eigenvalue weighted by Gasteiger charge is -2.30. The van der Waals surface area contributed by atoms with E-state index < -0.39 is 0 Å². The van der Waals surface area contributed by atoms with E-state index in [4.69, 9.17) is 4.74 Å². The Bertz CT molecular complexity index is 451. The molecule has 3 rings (SSSR count). The highest BCUT2D eigenvalue weighted by atomic mass is 16.5. The van der Waals surface area contributed by atoms with Gasteiger partial charge in [-0.1, -0.05) is 6.42 Å². The monoisotopic (exact) mass is 276 g/mol. The maximum atomic E-state index is 5.79. The molecule has 0 spiro atoms. The number of nitrogens with zero attached hydrogens (tertiary/aromatic N) is 3. The second-order valence-corrected chi connectivity index (χ2v) is 5.84. The third-order valence-electron chi connectivity index (χ3n) is 4.21. The van der Waals surface area contributed by atoms with Crippen molar-refractivity contribution in [3.8, 4) is 0 Å². The van der Waals surface area contributed by atoms with Gasteiger partial charge in [-0.05, 0) is 32.7 Å². The average molecular weight is 276 g/mol. The Hall–Kier alpha value is -1.20. The van der Waals surface area contributed by atoms with Crippen molar-refractivity contribution in [2.24, 2.45) is 0 Å². The Labute approximate surface area is 120 Å². The van der Waals surface area contributed by atoms with Crippen molar-refractivity contribution in [3.63, 3.8) is 0 Å². The molecule has 5 heteroatoms. The van der Waals surface area contributed by atoms with Crippen molar-refractivity contribution in [2.75, 3.05) is 38.6 Å². The molecule has 110 valence electrons. The number of morpholine rings is 1. The Kier molecular flexibility index (Phi) is 4.47. The number of likely N-dealkylation sites (N-methyl/N-ethyl adjacent to an activating group) is 1. The minimum absolute atomic E-state index is 0.255. The van der Waals surface area contributed by atoms with Gasteiger partial charge in [0.25, 0.3) is 0 Å². The number of aryl methyl sites for hydroxylation is 1. The van der Waals surface area contributed by atoms with Crippen LogP contribution in [0.3, 0.4) is 0 Å². The van der Waals surface area contributed by atoms with Gasteiger partial charge in [0, 0.05) is 30.9 Å². The predicted molar refractivity (Wildman–Crippen MR) is 79.0 cm³/mol. The molecule has 1 aromatic rings. The summed E-state index contributed by atoms with van der Waals surface area (Å²) in [6.45, 7) is 3.66. The summed E-state index contributed by atoms with van der Waals surface area (Å²) in [5.41, 5.74) is 2.57. The number of aromatic nitrogens is 2. The van der Waals surface area contributed by atoms with Crippen LogP contribution in [0.25, 0.3) is 0 Å². The second kappa shape index (κ2) is 6.50. The standard InChI is InChI=1S/C15H24N4O/c1-19-7-8-20-12(10-19)9-16-15-13-5-3-2-4-6-14(13)17-11-18-15/h11-12H,2-10H2,1H3,(H,16,17,18). The first-order valence-corrected chi connectivity index (χ1v) is 7.69. The van der Waals surface area contributed by atoms with Crippen LogP contribution in [0, 0.1) is 0 Å². The molecule has 1 fully saturated rings. The van der Waals surface area contributed by atoms with Crippen LogP contribution in [-0.2, 0) is 17.6 Å². The number of ether oxygens (including phenoxy) is 1. The van der Waals surface area contributed by atoms with Crippen LogP contribution >= 0.6 is 0 Å². The zero-order valence-electron chi connectivity index (χ0n) is 12.3. The fourth-order valence-corrected chi connectivity index (χ4v) is 3.05. The van der Waals surface area contributed by atoms with E-state index in [0.29, 0.717) is 0 Å². The predicted octanol–water partition coefficient (Wildman–Crippen LogP) is 1.49. The summed E-state index contributed by atoms with van der Waals surface area (Å²) in [5.74, 6) is 1.02. The first-order chi connectivity index (χ1) is 9.83. The lowest BCUT2D eigenvalue weighted by atomic mass is 10.1. The van der Waals surface area contributed by atoms with Gasteiger partial charge in [0.15, 0.2) is 0 Å². The van der Waals surface area contributed by atoms with Crippen LogP contribution in [0.15, 0.2) is 6.33 Å². The number of fused-ring (bicyclic) bond motifs is 1. The molecule has 0 radical (unpaired) electrons. The molecule has 1 aliphatic carbocycles. The molecule has 0 bridgehead atoms. The van der Waals surface area contributed by atoms with E-state index in [9.17, 15) is 0 Å². The van der Waals surface area contributed by atoms with Crippen LogP contribution in [0.2, 0.25) is 0 Å². The summed E-state index contributed by atoms with van der Waals surface area (Å²) < 4.78 is 5.79. The van der Waals surface area contributed by atoms with Crippen LogP contribution in [0.4, 0.5) is 5.82 Å². The van der Waals surface area contributed by atoms with E-state index >= 15 is 0 Å². The molecule has 2 aliphatic rings. The quantitative estimate of drug-likeness (QED) is 0.848. The van der Waals surface area contributed by atoms with Gasteiger partial charge < -0.3 is 15.0 Å². The van der Waals surface area contributed by atoms with E-state index in [1.54, 1.807) is 6.33 Å². The van der Waals surface area contributed by atoms with Gasteiger partial charge >= 0.3 is 0 Å². The normalized spacial score (nSPS) is 23.9. The van der Waals surface area contributed by atoms with E-state index in [1.807, 2.05) is 0 Å². The van der Waals surface area contributed by atoms with Gasteiger partial charge in [-0.25, -0.2) is 9.97 Å². The average Bonchev–Trinajstić information content (AvgIpc) is 2.71. The van der Waals surface area contributed by atoms with Gasteiger partial charge in [-0.15, -0.1) is 0 Å². The van der Waals surface area contributed by atoms with Gasteiger partial charge in [0.05, 0.1) is 12.7 Å². The molecular formula is C15H24N4O. The highest BCUT2D eigenvalue weighted by Crippen LogP contribution is 2.23. The Morgan fingerprint density at radius 1 is 1.30 bits per heavy atom. The van der Waals surface area contributed by atoms with E-state index in [1.165, 1.54) is 30.5 Å². The molecule has 1 atom stereocenters. The minimum Gasteiger partial charge on any atom is -0.374 e. The van der Waals surface area contributed by atoms with E-state index in [-0.39, 0.29) is 6.10 Å². The zero-order chi connectivity index (χ0) is 13.8. The third-order valence-corrected chi connectivity index (χ3v) is 4.21. The summed E-state index contributed by atoms with van der Waals surface area (Å²) in [4.78, 5) is 11.2. The molecule has 5 nitrogen and oxygen atoms in total. The topological polar surface area (TPSA) is 50.3 Å². The van der Waals surface area contributed by atoms with Crippen LogP contribution in [-0.4, -0.2) is 54.3 Å². The van der Waals surface area contributed by atoms with Crippen LogP contribution in [0.5, 0.6) is 0 Å². The molecule has 1 saturated heterocycles. The van der Waals surface area contributed by atoms with Crippen molar-refractivity contribution in [2.45, 2.75) is 38.2 Å². The first kappa shape index (κ1) is 13.8. The summed E-state index contributed by atoms with van der Waals surface area (Å²) in [5, 5.41) is 3.49. The minimum atomic E-state index is 0.255. The number of anilines is 1. The van der Waals surface area contributed by atoms with Crippen molar-refractivity contribution in [3.05, 3.63) is 17.6 Å². The number of hydrogen-bond acceptors (Lipinski definition) is 5. The fraction of sp³-hybridized carbons (Fsp3) is 0.733. The van der Waals surface area contributed by atoms with Gasteiger partial charge in [-0.3, -0.25) is 0 Å². The van der Waals surface area contributed by atoms with Crippen molar-refractivity contribution in [1.29, 1.82) is 0 Å². The molecule has 0 saturated carbocycles. The molecule has 1 aliphatic heterocycles. The zero-order valence-corrected chi connectivity index (χ0v) is 12.3. The van der Waals surface area contributed by atoms with Crippen LogP contribution < -0.4 is 5.32 Å². The van der Waals surface area contributed by atoms with E-state index in [0.717, 1.165) is 44.9 Å². The highest BCUT2D eigenvalue weighted by Gasteiger charge is 2.19. The summed E-state index contributed by atoms with van der Waals surface area (Å²) >= 11 is 0. The maximum absolute atomic E-state index is 5.79. The molecule has 20 heavy (non-hydrogen) atoms. The highest BCUT2D eigenvalue weighted by molar-refractivity contribution is 5.46. The largest absolute Gasteiger partial charge is 0.374 e. The smallest absolute Gasteiger partial charge is 0.132 e. The second-order valence-electron chi connectivity index (χ2n) is 5.84. The lowest BCUT2D eigenvalue weighted by Crippen LogP contribution is -2.43. The van der Waals surface area contributed by atoms with Gasteiger partial charge in [0.2, 0.25) is 0 Å². The van der Waals surface area contributed by atoms with Crippen LogP contribution in [0.1, 0.15) is 30.5 Å². The molecule has 0 aromatic carbocycles. The Morgan fingerprint density at radius 3 is 3.10 bits per heavy atom. The van der Waals surface area contributed by atoms with Crippen molar-refractivity contribution < 1.29 is 4.74 Å². The molecule has 2 heterocycles. The van der Waals surface area contributed by atoms with E-state index in [2.05, 4.69) is 27.2 Å². The van der Waals surface area contributed by atoms with Crippen molar-refractivity contribution in [1.82, 2.24) is 14.9 Å². The Balaban J connectivity index is 1.65.